The van der Waals surface area contributed by atoms with Crippen LogP contribution in [0.2, 0.25) is 0 Å². The molecule has 1 saturated heterocycles. The number of ether oxygens (including phenoxy) is 3. The molecule has 38 heavy (non-hydrogen) atoms. The minimum atomic E-state index is -0.554. The predicted molar refractivity (Wildman–Crippen MR) is 142 cm³/mol. The highest BCUT2D eigenvalue weighted by Gasteiger charge is 2.65. The summed E-state index contributed by atoms with van der Waals surface area (Å²) >= 11 is 0. The summed E-state index contributed by atoms with van der Waals surface area (Å²) in [7, 11) is 3.21. The van der Waals surface area contributed by atoms with E-state index in [0.717, 1.165) is 58.8 Å². The first-order chi connectivity index (χ1) is 18.6. The maximum Gasteiger partial charge on any atom is 0.257 e. The molecule has 11 heteroatoms. The molecule has 4 heterocycles. The first-order valence-electron chi connectivity index (χ1n) is 12.6. The van der Waals surface area contributed by atoms with Crippen molar-refractivity contribution in [2.45, 2.75) is 17.8 Å². The van der Waals surface area contributed by atoms with Crippen molar-refractivity contribution in [2.75, 3.05) is 56.1 Å². The summed E-state index contributed by atoms with van der Waals surface area (Å²) in [6.45, 7) is 2.83. The van der Waals surface area contributed by atoms with Crippen LogP contribution in [0.5, 0.6) is 11.6 Å². The highest BCUT2D eigenvalue weighted by atomic mass is 16.5. The number of rotatable bonds is 6. The maximum absolute atomic E-state index is 13.1. The number of fused-ring (bicyclic) bond motifs is 3. The number of carbonyl (C=O) groups excluding carboxylic acids is 1. The molecule has 0 radical (unpaired) electrons. The smallest absolute Gasteiger partial charge is 0.257 e. The Balaban J connectivity index is 1.17. The van der Waals surface area contributed by atoms with Gasteiger partial charge in [0.2, 0.25) is 5.91 Å². The zero-order valence-electron chi connectivity index (χ0n) is 21.1. The molecule has 3 aliphatic rings. The molecule has 194 valence electrons. The lowest BCUT2D eigenvalue weighted by Gasteiger charge is -2.27. The third kappa shape index (κ3) is 3.46. The second kappa shape index (κ2) is 8.59. The fraction of sp³-hybridized carbons (Fsp3) is 0.333. The summed E-state index contributed by atoms with van der Waals surface area (Å²) in [6.07, 6.45) is 2.47. The molecule has 1 saturated carbocycles. The third-order valence-corrected chi connectivity index (χ3v) is 7.80. The standard InChI is InChI=1S/C27H27N7O4/c1-36-16-4-6-20-18(12-16)27(26(35)29-20)13-19(27)15-3-5-17-21(11-15)32-33-23(17)31-24-25(37-2)28-14-22(30-24)34-7-9-38-10-8-34/h3-6,11-12,14,19H,7-10,13H2,1-2H3,(H,29,35)(H2,30,31,32,33)/t19-,27-/m0/s1. The number of anilines is 4. The van der Waals surface area contributed by atoms with Gasteiger partial charge in [-0.3, -0.25) is 9.89 Å². The molecule has 7 rings (SSSR count). The van der Waals surface area contributed by atoms with Crippen LogP contribution in [0.1, 0.15) is 23.5 Å². The van der Waals surface area contributed by atoms with Crippen LogP contribution in [-0.2, 0) is 14.9 Å². The van der Waals surface area contributed by atoms with Gasteiger partial charge >= 0.3 is 0 Å². The number of aromatic nitrogens is 4. The fourth-order valence-corrected chi connectivity index (χ4v) is 5.70. The first-order valence-corrected chi connectivity index (χ1v) is 12.6. The first kappa shape index (κ1) is 22.8. The molecule has 11 nitrogen and oxygen atoms in total. The van der Waals surface area contributed by atoms with Crippen LogP contribution in [0.3, 0.4) is 0 Å². The summed E-state index contributed by atoms with van der Waals surface area (Å²) < 4.78 is 16.3. The van der Waals surface area contributed by atoms with Crippen molar-refractivity contribution in [3.05, 3.63) is 53.7 Å². The van der Waals surface area contributed by atoms with Crippen molar-refractivity contribution in [1.82, 2.24) is 20.2 Å². The topological polar surface area (TPSA) is 127 Å². The number of carbonyl (C=O) groups is 1. The van der Waals surface area contributed by atoms with Crippen LogP contribution < -0.4 is 25.0 Å². The van der Waals surface area contributed by atoms with E-state index in [1.165, 1.54) is 0 Å². The Morgan fingerprint density at radius 3 is 2.79 bits per heavy atom. The van der Waals surface area contributed by atoms with E-state index >= 15 is 0 Å². The number of hydrogen-bond donors (Lipinski definition) is 3. The molecule has 1 aliphatic carbocycles. The Morgan fingerprint density at radius 1 is 1.11 bits per heavy atom. The molecule has 2 aliphatic heterocycles. The van der Waals surface area contributed by atoms with Gasteiger partial charge in [0.15, 0.2) is 11.6 Å². The van der Waals surface area contributed by atoms with Gasteiger partial charge in [0, 0.05) is 30.1 Å². The highest BCUT2D eigenvalue weighted by molar-refractivity contribution is 6.10. The zero-order chi connectivity index (χ0) is 25.9. The molecule has 2 aromatic heterocycles. The average Bonchev–Trinajstić information content (AvgIpc) is 3.51. The molecule has 0 unspecified atom stereocenters. The number of methoxy groups -OCH3 is 2. The van der Waals surface area contributed by atoms with Gasteiger partial charge in [0.1, 0.15) is 11.6 Å². The van der Waals surface area contributed by atoms with Gasteiger partial charge in [-0.05, 0) is 47.9 Å². The van der Waals surface area contributed by atoms with Crippen LogP contribution in [0.25, 0.3) is 10.9 Å². The van der Waals surface area contributed by atoms with Gasteiger partial charge in [-0.25, -0.2) is 9.97 Å². The number of H-pyrrole nitrogens is 1. The molecule has 3 N–H and O–H groups in total. The number of benzene rings is 2. The van der Waals surface area contributed by atoms with E-state index in [4.69, 9.17) is 19.2 Å². The Morgan fingerprint density at radius 2 is 1.97 bits per heavy atom. The van der Waals surface area contributed by atoms with Crippen LogP contribution in [-0.4, -0.2) is 66.6 Å². The summed E-state index contributed by atoms with van der Waals surface area (Å²) in [5.41, 5.74) is 3.27. The van der Waals surface area contributed by atoms with E-state index < -0.39 is 5.41 Å². The van der Waals surface area contributed by atoms with E-state index in [0.29, 0.717) is 30.7 Å². The van der Waals surface area contributed by atoms with Gasteiger partial charge in [-0.2, -0.15) is 5.10 Å². The lowest BCUT2D eigenvalue weighted by Crippen LogP contribution is -2.36. The number of amides is 1. The fourth-order valence-electron chi connectivity index (χ4n) is 5.70. The second-order valence-corrected chi connectivity index (χ2v) is 9.78. The summed E-state index contributed by atoms with van der Waals surface area (Å²) in [4.78, 5) is 24.4. The average molecular weight is 514 g/mol. The van der Waals surface area contributed by atoms with Crippen LogP contribution >= 0.6 is 0 Å². The van der Waals surface area contributed by atoms with E-state index in [9.17, 15) is 4.79 Å². The lowest BCUT2D eigenvalue weighted by molar-refractivity contribution is -0.118. The van der Waals surface area contributed by atoms with E-state index in [2.05, 4.69) is 42.8 Å². The largest absolute Gasteiger partial charge is 0.497 e. The SMILES string of the molecule is COc1ccc2c(c1)[C@]1(C[C@H]1c1ccc3c(Nc4nc(N5CCOCC5)cnc4OC)n[nH]c3c1)C(=O)N2. The molecule has 2 aromatic carbocycles. The zero-order valence-corrected chi connectivity index (χ0v) is 21.1. The van der Waals surface area contributed by atoms with Gasteiger partial charge in [-0.15, -0.1) is 0 Å². The summed E-state index contributed by atoms with van der Waals surface area (Å²) in [6, 6.07) is 11.9. The van der Waals surface area contributed by atoms with Crippen molar-refractivity contribution in [1.29, 1.82) is 0 Å². The number of hydrogen-bond acceptors (Lipinski definition) is 9. The third-order valence-electron chi connectivity index (χ3n) is 7.80. The molecule has 4 aromatic rings. The molecule has 1 amide bonds. The van der Waals surface area contributed by atoms with Gasteiger partial charge in [0.25, 0.3) is 5.88 Å². The minimum Gasteiger partial charge on any atom is -0.497 e. The molecular weight excluding hydrogens is 486 g/mol. The number of aromatic amines is 1. The van der Waals surface area contributed by atoms with Gasteiger partial charge in [-0.1, -0.05) is 6.07 Å². The van der Waals surface area contributed by atoms with E-state index in [1.54, 1.807) is 20.4 Å². The molecule has 2 atom stereocenters. The normalized spacial score (nSPS) is 21.9. The van der Waals surface area contributed by atoms with Crippen LogP contribution in [0, 0.1) is 0 Å². The number of nitrogens with one attached hydrogen (secondary N) is 3. The number of morpholine rings is 1. The lowest BCUT2D eigenvalue weighted by atomic mass is 9.91. The van der Waals surface area contributed by atoms with Crippen molar-refractivity contribution >= 4 is 40.0 Å². The highest BCUT2D eigenvalue weighted by Crippen LogP contribution is 2.65. The Hall–Kier alpha value is -4.38. The molecule has 2 fully saturated rings. The maximum atomic E-state index is 13.1. The Bertz CT molecular complexity index is 1560. The molecular formula is C27H27N7O4. The summed E-state index contributed by atoms with van der Waals surface area (Å²) in [5.74, 6) is 3.13. The number of nitrogens with zero attached hydrogens (tertiary/aromatic N) is 4. The minimum absolute atomic E-state index is 0.0450. The Labute approximate surface area is 218 Å². The Kier molecular flexibility index (Phi) is 5.15. The molecule has 0 bridgehead atoms. The van der Waals surface area contributed by atoms with Crippen molar-refractivity contribution in [3.63, 3.8) is 0 Å². The van der Waals surface area contributed by atoms with Crippen molar-refractivity contribution in [3.8, 4) is 11.6 Å². The summed E-state index contributed by atoms with van der Waals surface area (Å²) in [5, 5.41) is 14.9. The van der Waals surface area contributed by atoms with Crippen molar-refractivity contribution in [2.24, 2.45) is 0 Å². The van der Waals surface area contributed by atoms with Crippen molar-refractivity contribution < 1.29 is 19.0 Å². The second-order valence-electron chi connectivity index (χ2n) is 9.78. The van der Waals surface area contributed by atoms with Gasteiger partial charge < -0.3 is 29.7 Å². The van der Waals surface area contributed by atoms with Gasteiger partial charge in [0.05, 0.1) is 44.6 Å². The van der Waals surface area contributed by atoms with Crippen LogP contribution in [0.4, 0.5) is 23.1 Å². The molecule has 1 spiro atoms. The van der Waals surface area contributed by atoms with E-state index in [-0.39, 0.29) is 11.8 Å². The quantitative estimate of drug-likeness (QED) is 0.356. The van der Waals surface area contributed by atoms with Crippen LogP contribution in [0.15, 0.2) is 42.6 Å². The predicted octanol–water partition coefficient (Wildman–Crippen LogP) is 3.33. The van der Waals surface area contributed by atoms with E-state index in [1.807, 2.05) is 24.3 Å². The monoisotopic (exact) mass is 513 g/mol.